The first-order valence-corrected chi connectivity index (χ1v) is 16.7. The zero-order valence-electron chi connectivity index (χ0n) is 28.7. The third-order valence-electron chi connectivity index (χ3n) is 9.36. The number of anilines is 1. The molecule has 252 valence electrons. The van der Waals surface area contributed by atoms with E-state index in [2.05, 4.69) is 49.8 Å². The molecule has 0 saturated heterocycles. The maximum atomic E-state index is 13.4. The Morgan fingerprint density at radius 3 is 2.32 bits per heavy atom. The molecule has 4 aromatic carbocycles. The minimum atomic E-state index is -0.219. The molecule has 50 heavy (non-hydrogen) atoms. The third kappa shape index (κ3) is 6.97. The summed E-state index contributed by atoms with van der Waals surface area (Å²) in [4.78, 5) is 21.6. The Kier molecular flexibility index (Phi) is 9.35. The molecule has 0 unspecified atom stereocenters. The normalized spacial score (nSPS) is 12.7. The Balaban J connectivity index is 1.02. The average Bonchev–Trinajstić information content (AvgIpc) is 3.65. The molecule has 10 nitrogen and oxygen atoms in total. The SMILES string of the molecule is COc1cc2c(cc1OC)CN(CCc1ccc(-n3nnc(-c4cc(C)c(C)cc4NC(=O)c4ccc(-c5cccnc5)cc4)n3)cc1)CC2. The van der Waals surface area contributed by atoms with E-state index in [1.54, 1.807) is 26.6 Å². The van der Waals surface area contributed by atoms with Crippen LogP contribution >= 0.6 is 0 Å². The van der Waals surface area contributed by atoms with Crippen molar-refractivity contribution in [2.75, 3.05) is 32.6 Å². The number of pyridine rings is 1. The van der Waals surface area contributed by atoms with Gasteiger partial charge in [-0.1, -0.05) is 30.3 Å². The molecule has 0 atom stereocenters. The van der Waals surface area contributed by atoms with Gasteiger partial charge in [0.2, 0.25) is 5.82 Å². The summed E-state index contributed by atoms with van der Waals surface area (Å²) in [6.07, 6.45) is 5.46. The van der Waals surface area contributed by atoms with E-state index in [0.29, 0.717) is 22.6 Å². The number of tetrazole rings is 1. The van der Waals surface area contributed by atoms with Crippen molar-refractivity contribution in [2.24, 2.45) is 0 Å². The molecule has 0 aliphatic carbocycles. The van der Waals surface area contributed by atoms with Gasteiger partial charge < -0.3 is 14.8 Å². The lowest BCUT2D eigenvalue weighted by Crippen LogP contribution is -2.32. The monoisotopic (exact) mass is 665 g/mol. The van der Waals surface area contributed by atoms with Crippen LogP contribution in [0.4, 0.5) is 5.69 Å². The molecule has 3 heterocycles. The van der Waals surface area contributed by atoms with Gasteiger partial charge in [0.15, 0.2) is 11.5 Å². The number of nitrogens with zero attached hydrogens (tertiary/aromatic N) is 6. The molecule has 1 aliphatic heterocycles. The van der Waals surface area contributed by atoms with Gasteiger partial charge in [0.1, 0.15) is 0 Å². The summed E-state index contributed by atoms with van der Waals surface area (Å²) in [5.74, 6) is 1.77. The predicted molar refractivity (Wildman–Crippen MR) is 194 cm³/mol. The summed E-state index contributed by atoms with van der Waals surface area (Å²) in [6.45, 7) is 6.89. The number of hydrogen-bond acceptors (Lipinski definition) is 8. The number of carbonyl (C=O) groups is 1. The molecular formula is C40H39N7O3. The molecule has 6 aromatic rings. The quantitative estimate of drug-likeness (QED) is 0.169. The second-order valence-corrected chi connectivity index (χ2v) is 12.6. The van der Waals surface area contributed by atoms with Crippen LogP contribution in [0.1, 0.15) is 38.2 Å². The Labute approximate surface area is 291 Å². The molecule has 2 aromatic heterocycles. The lowest BCUT2D eigenvalue weighted by atomic mass is 9.98. The number of aromatic nitrogens is 5. The van der Waals surface area contributed by atoms with Gasteiger partial charge in [-0.15, -0.1) is 15.0 Å². The first-order chi connectivity index (χ1) is 24.4. The van der Waals surface area contributed by atoms with Gasteiger partial charge in [-0.25, -0.2) is 0 Å². The van der Waals surface area contributed by atoms with Gasteiger partial charge in [0, 0.05) is 43.2 Å². The first-order valence-electron chi connectivity index (χ1n) is 16.7. The van der Waals surface area contributed by atoms with Crippen LogP contribution in [0.25, 0.3) is 28.2 Å². The smallest absolute Gasteiger partial charge is 0.255 e. The van der Waals surface area contributed by atoms with Gasteiger partial charge >= 0.3 is 0 Å². The summed E-state index contributed by atoms with van der Waals surface area (Å²) in [5, 5.41) is 16.5. The highest BCUT2D eigenvalue weighted by Crippen LogP contribution is 2.33. The number of hydrogen-bond donors (Lipinski definition) is 1. The van der Waals surface area contributed by atoms with Crippen molar-refractivity contribution in [3.8, 4) is 39.7 Å². The number of ether oxygens (including phenoxy) is 2. The van der Waals surface area contributed by atoms with Gasteiger partial charge in [-0.3, -0.25) is 14.7 Å². The van der Waals surface area contributed by atoms with E-state index in [9.17, 15) is 4.79 Å². The molecule has 0 spiro atoms. The van der Waals surface area contributed by atoms with E-state index in [0.717, 1.165) is 71.9 Å². The van der Waals surface area contributed by atoms with Crippen LogP contribution < -0.4 is 14.8 Å². The summed E-state index contributed by atoms with van der Waals surface area (Å²) >= 11 is 0. The van der Waals surface area contributed by atoms with Crippen LogP contribution in [0.5, 0.6) is 11.5 Å². The highest BCUT2D eigenvalue weighted by molar-refractivity contribution is 6.06. The van der Waals surface area contributed by atoms with Crippen molar-refractivity contribution in [3.05, 3.63) is 131 Å². The second-order valence-electron chi connectivity index (χ2n) is 12.6. The summed E-state index contributed by atoms with van der Waals surface area (Å²) in [7, 11) is 3.36. The minimum absolute atomic E-state index is 0.219. The zero-order valence-corrected chi connectivity index (χ0v) is 28.7. The molecule has 0 bridgehead atoms. The number of amides is 1. The molecule has 1 amide bonds. The fourth-order valence-corrected chi connectivity index (χ4v) is 6.29. The van der Waals surface area contributed by atoms with Gasteiger partial charge in [-0.05, 0) is 125 Å². The van der Waals surface area contributed by atoms with E-state index in [1.165, 1.54) is 21.5 Å². The molecule has 7 rings (SSSR count). The van der Waals surface area contributed by atoms with Crippen molar-refractivity contribution in [3.63, 3.8) is 0 Å². The third-order valence-corrected chi connectivity index (χ3v) is 9.36. The zero-order chi connectivity index (χ0) is 34.6. The van der Waals surface area contributed by atoms with E-state index >= 15 is 0 Å². The number of rotatable bonds is 10. The lowest BCUT2D eigenvalue weighted by Gasteiger charge is -2.29. The first kappa shape index (κ1) is 32.7. The predicted octanol–water partition coefficient (Wildman–Crippen LogP) is 6.88. The maximum Gasteiger partial charge on any atom is 0.255 e. The fraction of sp³-hybridized carbons (Fsp3) is 0.225. The second kappa shape index (κ2) is 14.3. The van der Waals surface area contributed by atoms with Crippen molar-refractivity contribution in [1.29, 1.82) is 0 Å². The highest BCUT2D eigenvalue weighted by atomic mass is 16.5. The molecule has 10 heteroatoms. The van der Waals surface area contributed by atoms with E-state index in [-0.39, 0.29) is 5.91 Å². The van der Waals surface area contributed by atoms with Crippen molar-refractivity contribution < 1.29 is 14.3 Å². The van der Waals surface area contributed by atoms with Gasteiger partial charge in [0.25, 0.3) is 5.91 Å². The number of methoxy groups -OCH3 is 2. The van der Waals surface area contributed by atoms with E-state index in [1.807, 2.05) is 74.5 Å². The largest absolute Gasteiger partial charge is 0.493 e. The number of benzene rings is 4. The minimum Gasteiger partial charge on any atom is -0.493 e. The summed E-state index contributed by atoms with van der Waals surface area (Å²) < 4.78 is 11.0. The number of nitrogens with one attached hydrogen (secondary N) is 1. The van der Waals surface area contributed by atoms with Crippen LogP contribution in [0.15, 0.2) is 97.3 Å². The summed E-state index contributed by atoms with van der Waals surface area (Å²) in [6, 6.07) is 27.8. The van der Waals surface area contributed by atoms with Gasteiger partial charge in [0.05, 0.1) is 25.6 Å². The van der Waals surface area contributed by atoms with Crippen LogP contribution in [0, 0.1) is 13.8 Å². The molecule has 1 N–H and O–H groups in total. The van der Waals surface area contributed by atoms with Crippen molar-refractivity contribution >= 4 is 11.6 Å². The Bertz CT molecular complexity index is 2130. The van der Waals surface area contributed by atoms with E-state index in [4.69, 9.17) is 14.6 Å². The summed E-state index contributed by atoms with van der Waals surface area (Å²) in [5.41, 5.74) is 10.6. The topological polar surface area (TPSA) is 107 Å². The number of fused-ring (bicyclic) bond motifs is 1. The Morgan fingerprint density at radius 1 is 0.860 bits per heavy atom. The van der Waals surface area contributed by atoms with Crippen LogP contribution in [-0.2, 0) is 19.4 Å². The Hall–Kier alpha value is -5.87. The van der Waals surface area contributed by atoms with Crippen LogP contribution in [0.3, 0.4) is 0 Å². The molecule has 0 fully saturated rings. The van der Waals surface area contributed by atoms with Crippen LogP contribution in [0.2, 0.25) is 0 Å². The lowest BCUT2D eigenvalue weighted by molar-refractivity contribution is 0.102. The average molecular weight is 666 g/mol. The molecular weight excluding hydrogens is 626 g/mol. The fourth-order valence-electron chi connectivity index (χ4n) is 6.29. The van der Waals surface area contributed by atoms with E-state index < -0.39 is 0 Å². The molecule has 1 aliphatic rings. The number of aryl methyl sites for hydroxylation is 2. The molecule has 0 saturated carbocycles. The standard InChI is InChI=1S/C40H39N7O3/c1-26-20-35(36(21-27(26)2)42-40(48)30-11-9-29(10-12-30)32-6-5-17-41-24-32)39-43-45-47(44-39)34-13-7-28(8-14-34)15-18-46-19-16-31-22-37(49-3)38(50-4)23-33(31)25-46/h5-14,17,20-24H,15-16,18-19,25H2,1-4H3,(H,42,48). The molecule has 0 radical (unpaired) electrons. The van der Waals surface area contributed by atoms with Crippen molar-refractivity contribution in [1.82, 2.24) is 30.1 Å². The van der Waals surface area contributed by atoms with Gasteiger partial charge in [-0.2, -0.15) is 0 Å². The Morgan fingerprint density at radius 2 is 1.60 bits per heavy atom. The number of carbonyl (C=O) groups excluding carboxylic acids is 1. The van der Waals surface area contributed by atoms with Crippen molar-refractivity contribution in [2.45, 2.75) is 33.2 Å². The maximum absolute atomic E-state index is 13.4. The highest BCUT2D eigenvalue weighted by Gasteiger charge is 2.20. The van der Waals surface area contributed by atoms with Crippen LogP contribution in [-0.4, -0.2) is 63.3 Å².